The molecule has 90 valence electrons. The van der Waals surface area contributed by atoms with Gasteiger partial charge in [-0.1, -0.05) is 24.3 Å². The Morgan fingerprint density at radius 1 is 1.11 bits per heavy atom. The summed E-state index contributed by atoms with van der Waals surface area (Å²) in [5, 5.41) is 1.12. The molecule has 2 aromatic heterocycles. The molecule has 2 N–H and O–H groups in total. The fourth-order valence-electron chi connectivity index (χ4n) is 2.18. The molecule has 0 saturated heterocycles. The lowest BCUT2D eigenvalue weighted by Crippen LogP contribution is -2.13. The van der Waals surface area contributed by atoms with Crippen molar-refractivity contribution in [3.63, 3.8) is 0 Å². The van der Waals surface area contributed by atoms with Crippen molar-refractivity contribution in [2.75, 3.05) is 0 Å². The molecule has 2 heterocycles. The summed E-state index contributed by atoms with van der Waals surface area (Å²) in [5.41, 5.74) is 8.28. The minimum absolute atomic E-state index is 0.102. The van der Waals surface area contributed by atoms with Crippen molar-refractivity contribution in [2.24, 2.45) is 5.73 Å². The first kappa shape index (κ1) is 11.0. The van der Waals surface area contributed by atoms with Crippen LogP contribution in [0.15, 0.2) is 59.3 Å². The number of rotatable bonds is 3. The number of nitrogens with zero attached hydrogens (tertiary/aromatic N) is 1. The Morgan fingerprint density at radius 2 is 2.00 bits per heavy atom. The third-order valence-corrected chi connectivity index (χ3v) is 3.06. The fraction of sp³-hybridized carbons (Fsp3) is 0.133. The van der Waals surface area contributed by atoms with Crippen LogP contribution in [0.1, 0.15) is 17.4 Å². The Hall–Kier alpha value is -2.13. The van der Waals surface area contributed by atoms with Crippen molar-refractivity contribution >= 4 is 10.9 Å². The minimum Gasteiger partial charge on any atom is -0.469 e. The molecule has 0 aliphatic heterocycles. The maximum absolute atomic E-state index is 6.25. The molecule has 1 aromatic carbocycles. The summed E-state index contributed by atoms with van der Waals surface area (Å²) in [6.07, 6.45) is 4.15. The predicted molar refractivity (Wildman–Crippen MR) is 71.1 cm³/mol. The maximum atomic E-state index is 6.25. The summed E-state index contributed by atoms with van der Waals surface area (Å²) < 4.78 is 5.34. The van der Waals surface area contributed by atoms with Crippen LogP contribution in [-0.4, -0.2) is 4.98 Å². The van der Waals surface area contributed by atoms with E-state index in [0.29, 0.717) is 6.42 Å². The van der Waals surface area contributed by atoms with Crippen molar-refractivity contribution in [1.82, 2.24) is 4.98 Å². The molecule has 0 bridgehead atoms. The van der Waals surface area contributed by atoms with Crippen LogP contribution in [0.4, 0.5) is 0 Å². The second kappa shape index (κ2) is 4.63. The number of nitrogens with two attached hydrogens (primary N) is 1. The summed E-state index contributed by atoms with van der Waals surface area (Å²) >= 11 is 0. The number of benzene rings is 1. The van der Waals surface area contributed by atoms with Crippen LogP contribution in [0.5, 0.6) is 0 Å². The van der Waals surface area contributed by atoms with Gasteiger partial charge in [0.25, 0.3) is 0 Å². The Labute approximate surface area is 105 Å². The van der Waals surface area contributed by atoms with Crippen LogP contribution in [0.2, 0.25) is 0 Å². The van der Waals surface area contributed by atoms with Gasteiger partial charge in [0, 0.05) is 24.0 Å². The molecule has 1 unspecified atom stereocenters. The van der Waals surface area contributed by atoms with E-state index in [4.69, 9.17) is 10.2 Å². The highest BCUT2D eigenvalue weighted by Gasteiger charge is 2.12. The van der Waals surface area contributed by atoms with Gasteiger partial charge in [0.2, 0.25) is 0 Å². The monoisotopic (exact) mass is 238 g/mol. The zero-order valence-electron chi connectivity index (χ0n) is 9.91. The third-order valence-electron chi connectivity index (χ3n) is 3.06. The summed E-state index contributed by atoms with van der Waals surface area (Å²) in [5.74, 6) is 0.899. The van der Waals surface area contributed by atoms with Gasteiger partial charge in [-0.3, -0.25) is 4.98 Å². The summed E-state index contributed by atoms with van der Waals surface area (Å²) in [4.78, 5) is 4.42. The average molecular weight is 238 g/mol. The highest BCUT2D eigenvalue weighted by Crippen LogP contribution is 2.23. The van der Waals surface area contributed by atoms with Gasteiger partial charge in [-0.05, 0) is 23.8 Å². The van der Waals surface area contributed by atoms with E-state index in [1.54, 1.807) is 12.5 Å². The van der Waals surface area contributed by atoms with Crippen molar-refractivity contribution < 1.29 is 4.42 Å². The highest BCUT2D eigenvalue weighted by molar-refractivity contribution is 5.81. The number of fused-ring (bicyclic) bond motifs is 1. The lowest BCUT2D eigenvalue weighted by Gasteiger charge is -2.12. The molecule has 0 spiro atoms. The van der Waals surface area contributed by atoms with Crippen LogP contribution >= 0.6 is 0 Å². The van der Waals surface area contributed by atoms with Gasteiger partial charge in [0.1, 0.15) is 5.76 Å². The molecule has 3 rings (SSSR count). The Morgan fingerprint density at radius 3 is 2.83 bits per heavy atom. The van der Waals surface area contributed by atoms with Crippen molar-refractivity contribution in [1.29, 1.82) is 0 Å². The van der Waals surface area contributed by atoms with E-state index in [1.807, 2.05) is 42.5 Å². The number of para-hydroxylation sites is 1. The lowest BCUT2D eigenvalue weighted by molar-refractivity contribution is 0.489. The fourth-order valence-corrected chi connectivity index (χ4v) is 2.18. The van der Waals surface area contributed by atoms with Crippen LogP contribution in [-0.2, 0) is 6.42 Å². The number of pyridine rings is 1. The topological polar surface area (TPSA) is 52.0 Å². The van der Waals surface area contributed by atoms with Crippen molar-refractivity contribution in [2.45, 2.75) is 12.5 Å². The molecular weight excluding hydrogens is 224 g/mol. The van der Waals surface area contributed by atoms with Gasteiger partial charge in [-0.15, -0.1) is 0 Å². The minimum atomic E-state index is -0.102. The average Bonchev–Trinajstić information content (AvgIpc) is 2.91. The molecule has 0 radical (unpaired) electrons. The van der Waals surface area contributed by atoms with E-state index in [0.717, 1.165) is 22.2 Å². The summed E-state index contributed by atoms with van der Waals surface area (Å²) in [7, 11) is 0. The van der Waals surface area contributed by atoms with Gasteiger partial charge >= 0.3 is 0 Å². The number of hydrogen-bond acceptors (Lipinski definition) is 3. The molecule has 3 heteroatoms. The highest BCUT2D eigenvalue weighted by atomic mass is 16.3. The SMILES string of the molecule is NC(Cc1ccco1)c1cccc2cccnc12. The Kier molecular flexibility index (Phi) is 2.82. The number of aromatic nitrogens is 1. The quantitative estimate of drug-likeness (QED) is 0.763. The van der Waals surface area contributed by atoms with Gasteiger partial charge < -0.3 is 10.2 Å². The first-order valence-electron chi connectivity index (χ1n) is 5.96. The zero-order valence-corrected chi connectivity index (χ0v) is 9.91. The molecule has 0 amide bonds. The molecule has 0 saturated carbocycles. The number of furan rings is 1. The van der Waals surface area contributed by atoms with E-state index in [2.05, 4.69) is 4.98 Å². The predicted octanol–water partition coefficient (Wildman–Crippen LogP) is 3.07. The normalized spacial score (nSPS) is 12.7. The Balaban J connectivity index is 1.98. The van der Waals surface area contributed by atoms with Crippen molar-refractivity contribution in [3.05, 3.63) is 66.2 Å². The number of hydrogen-bond donors (Lipinski definition) is 1. The largest absolute Gasteiger partial charge is 0.469 e. The van der Waals surface area contributed by atoms with E-state index in [-0.39, 0.29) is 6.04 Å². The van der Waals surface area contributed by atoms with Gasteiger partial charge in [-0.2, -0.15) is 0 Å². The van der Waals surface area contributed by atoms with Gasteiger partial charge in [0.05, 0.1) is 11.8 Å². The van der Waals surface area contributed by atoms with Crippen molar-refractivity contribution in [3.8, 4) is 0 Å². The second-order valence-electron chi connectivity index (χ2n) is 4.31. The standard InChI is InChI=1S/C15H14N2O/c16-14(10-12-6-3-9-18-12)13-7-1-4-11-5-2-8-17-15(11)13/h1-9,14H,10,16H2. The van der Waals surface area contributed by atoms with Crippen LogP contribution < -0.4 is 5.73 Å². The van der Waals surface area contributed by atoms with E-state index in [1.165, 1.54) is 0 Å². The van der Waals surface area contributed by atoms with E-state index in [9.17, 15) is 0 Å². The first-order valence-corrected chi connectivity index (χ1v) is 5.96. The molecule has 18 heavy (non-hydrogen) atoms. The van der Waals surface area contributed by atoms with E-state index < -0.39 is 0 Å². The molecule has 1 atom stereocenters. The van der Waals surface area contributed by atoms with Gasteiger partial charge in [0.15, 0.2) is 0 Å². The van der Waals surface area contributed by atoms with Crippen LogP contribution in [0.3, 0.4) is 0 Å². The summed E-state index contributed by atoms with van der Waals surface area (Å²) in [6, 6.07) is 13.8. The second-order valence-corrected chi connectivity index (χ2v) is 4.31. The smallest absolute Gasteiger partial charge is 0.105 e. The lowest BCUT2D eigenvalue weighted by atomic mass is 10.00. The molecular formula is C15H14N2O. The molecule has 0 aliphatic rings. The first-order chi connectivity index (χ1) is 8.84. The molecule has 0 fully saturated rings. The van der Waals surface area contributed by atoms with Gasteiger partial charge in [-0.25, -0.2) is 0 Å². The molecule has 0 aliphatic carbocycles. The zero-order chi connectivity index (χ0) is 12.4. The maximum Gasteiger partial charge on any atom is 0.105 e. The van der Waals surface area contributed by atoms with E-state index >= 15 is 0 Å². The molecule has 3 nitrogen and oxygen atoms in total. The Bertz CT molecular complexity index is 641. The van der Waals surface area contributed by atoms with Crippen LogP contribution in [0, 0.1) is 0 Å². The summed E-state index contributed by atoms with van der Waals surface area (Å²) in [6.45, 7) is 0. The molecule has 3 aromatic rings. The van der Waals surface area contributed by atoms with Crippen LogP contribution in [0.25, 0.3) is 10.9 Å². The third kappa shape index (κ3) is 2.00.